The van der Waals surface area contributed by atoms with Crippen LogP contribution in [0.1, 0.15) is 19.8 Å². The van der Waals surface area contributed by atoms with Gasteiger partial charge in [0.15, 0.2) is 0 Å². The largest absolute Gasteiger partial charge is 0.480 e. The second kappa shape index (κ2) is 5.46. The lowest BCUT2D eigenvalue weighted by Crippen LogP contribution is -2.62. The predicted octanol–water partition coefficient (Wildman–Crippen LogP) is -0.277. The number of carbonyl (C=O) groups is 3. The molecule has 2 aliphatic heterocycles. The molecule has 3 amide bonds. The molecular formula is C12H19N3O4. The van der Waals surface area contributed by atoms with Crippen molar-refractivity contribution in [2.75, 3.05) is 26.2 Å². The number of urea groups is 1. The van der Waals surface area contributed by atoms with E-state index in [2.05, 4.69) is 12.2 Å². The predicted molar refractivity (Wildman–Crippen MR) is 66.5 cm³/mol. The van der Waals surface area contributed by atoms with Gasteiger partial charge in [-0.15, -0.1) is 0 Å². The van der Waals surface area contributed by atoms with Crippen molar-refractivity contribution >= 4 is 17.9 Å². The van der Waals surface area contributed by atoms with E-state index < -0.39 is 12.0 Å². The molecule has 2 aliphatic rings. The Kier molecular flexibility index (Phi) is 3.92. The minimum atomic E-state index is -1.08. The molecule has 0 aromatic carbocycles. The summed E-state index contributed by atoms with van der Waals surface area (Å²) in [5.74, 6) is -0.978. The zero-order valence-corrected chi connectivity index (χ0v) is 11.0. The summed E-state index contributed by atoms with van der Waals surface area (Å²) in [4.78, 5) is 37.7. The average Bonchev–Trinajstić information content (AvgIpc) is 2.37. The number of piperidine rings is 1. The van der Waals surface area contributed by atoms with Gasteiger partial charge in [-0.3, -0.25) is 9.69 Å². The number of piperazine rings is 1. The summed E-state index contributed by atoms with van der Waals surface area (Å²) in [6.07, 6.45) is 2.00. The number of carboxylic acid groups (broad SMARTS) is 1. The molecular weight excluding hydrogens is 250 g/mol. The Hall–Kier alpha value is -1.79. The minimum Gasteiger partial charge on any atom is -0.480 e. The van der Waals surface area contributed by atoms with Crippen molar-refractivity contribution in [3.63, 3.8) is 0 Å². The zero-order chi connectivity index (χ0) is 14.0. The maximum Gasteiger partial charge on any atom is 0.328 e. The smallest absolute Gasteiger partial charge is 0.328 e. The summed E-state index contributed by atoms with van der Waals surface area (Å²) in [7, 11) is 0. The van der Waals surface area contributed by atoms with Crippen LogP contribution in [0, 0.1) is 5.92 Å². The third-order valence-electron chi connectivity index (χ3n) is 3.64. The van der Waals surface area contributed by atoms with Gasteiger partial charge in [0.25, 0.3) is 0 Å². The van der Waals surface area contributed by atoms with Gasteiger partial charge in [-0.1, -0.05) is 6.92 Å². The van der Waals surface area contributed by atoms with Gasteiger partial charge >= 0.3 is 12.0 Å². The minimum absolute atomic E-state index is 0.0245. The Morgan fingerprint density at radius 3 is 2.79 bits per heavy atom. The van der Waals surface area contributed by atoms with Gasteiger partial charge in [0.1, 0.15) is 12.6 Å². The number of nitrogens with one attached hydrogen (secondary N) is 1. The molecule has 2 rings (SSSR count). The summed E-state index contributed by atoms with van der Waals surface area (Å²) < 4.78 is 0. The van der Waals surface area contributed by atoms with Crippen LogP contribution in [-0.4, -0.2) is 65.0 Å². The highest BCUT2D eigenvalue weighted by molar-refractivity contribution is 5.90. The maximum atomic E-state index is 12.4. The topological polar surface area (TPSA) is 90.0 Å². The van der Waals surface area contributed by atoms with E-state index in [4.69, 9.17) is 5.11 Å². The molecule has 2 saturated heterocycles. The van der Waals surface area contributed by atoms with Crippen molar-refractivity contribution in [1.82, 2.24) is 15.1 Å². The van der Waals surface area contributed by atoms with Gasteiger partial charge < -0.3 is 15.3 Å². The number of hydrogen-bond acceptors (Lipinski definition) is 3. The second-order valence-corrected chi connectivity index (χ2v) is 5.26. The number of amides is 3. The molecule has 0 saturated carbocycles. The Balaban J connectivity index is 2.09. The lowest BCUT2D eigenvalue weighted by atomic mass is 10.0. The average molecular weight is 269 g/mol. The van der Waals surface area contributed by atoms with E-state index >= 15 is 0 Å². The molecule has 0 aromatic rings. The Bertz CT molecular complexity index is 398. The number of rotatable bonds is 1. The standard InChI is InChI=1S/C12H19N3O4/c1-8-3-2-4-14(6-8)12(19)15-7-10(16)13-5-9(15)11(17)18/h8-9H,2-7H2,1H3,(H,13,16)(H,17,18). The lowest BCUT2D eigenvalue weighted by molar-refractivity contribution is -0.144. The summed E-state index contributed by atoms with van der Waals surface area (Å²) in [6, 6.07) is -1.31. The van der Waals surface area contributed by atoms with E-state index in [1.807, 2.05) is 0 Å². The molecule has 7 heteroatoms. The van der Waals surface area contributed by atoms with Crippen molar-refractivity contribution in [2.24, 2.45) is 5.92 Å². The van der Waals surface area contributed by atoms with E-state index in [1.54, 1.807) is 4.90 Å². The van der Waals surface area contributed by atoms with Gasteiger partial charge in [-0.25, -0.2) is 9.59 Å². The van der Waals surface area contributed by atoms with Crippen LogP contribution in [0.2, 0.25) is 0 Å². The summed E-state index contributed by atoms with van der Waals surface area (Å²) in [5, 5.41) is 11.6. The normalized spacial score (nSPS) is 27.9. The zero-order valence-electron chi connectivity index (χ0n) is 11.0. The van der Waals surface area contributed by atoms with Crippen LogP contribution in [0.5, 0.6) is 0 Å². The van der Waals surface area contributed by atoms with Crippen molar-refractivity contribution in [3.05, 3.63) is 0 Å². The van der Waals surface area contributed by atoms with Gasteiger partial charge in [-0.05, 0) is 18.8 Å². The number of aliphatic carboxylic acids is 1. The third kappa shape index (κ3) is 2.97. The molecule has 2 N–H and O–H groups in total. The molecule has 106 valence electrons. The highest BCUT2D eigenvalue weighted by Gasteiger charge is 2.37. The first-order valence-corrected chi connectivity index (χ1v) is 6.54. The number of nitrogens with zero attached hydrogens (tertiary/aromatic N) is 2. The fourth-order valence-corrected chi connectivity index (χ4v) is 2.61. The molecule has 0 radical (unpaired) electrons. The van der Waals surface area contributed by atoms with Crippen LogP contribution in [0.25, 0.3) is 0 Å². The second-order valence-electron chi connectivity index (χ2n) is 5.26. The van der Waals surface area contributed by atoms with Crippen molar-refractivity contribution < 1.29 is 19.5 Å². The fourth-order valence-electron chi connectivity index (χ4n) is 2.61. The van der Waals surface area contributed by atoms with Gasteiger partial charge in [0, 0.05) is 19.6 Å². The van der Waals surface area contributed by atoms with Crippen LogP contribution in [0.3, 0.4) is 0 Å². The van der Waals surface area contributed by atoms with E-state index in [1.165, 1.54) is 4.90 Å². The Morgan fingerprint density at radius 2 is 2.16 bits per heavy atom. The summed E-state index contributed by atoms with van der Waals surface area (Å²) in [6.45, 7) is 3.12. The van der Waals surface area contributed by atoms with E-state index in [9.17, 15) is 14.4 Å². The summed E-state index contributed by atoms with van der Waals surface area (Å²) >= 11 is 0. The SMILES string of the molecule is CC1CCCN(C(=O)N2CC(=O)NCC2C(=O)O)C1. The highest BCUT2D eigenvalue weighted by atomic mass is 16.4. The highest BCUT2D eigenvalue weighted by Crippen LogP contribution is 2.18. The first-order chi connectivity index (χ1) is 8.99. The molecule has 2 heterocycles. The van der Waals surface area contributed by atoms with E-state index in [0.29, 0.717) is 19.0 Å². The van der Waals surface area contributed by atoms with E-state index in [0.717, 1.165) is 12.8 Å². The fraction of sp³-hybridized carbons (Fsp3) is 0.750. The van der Waals surface area contributed by atoms with Crippen molar-refractivity contribution in [3.8, 4) is 0 Å². The molecule has 0 spiro atoms. The molecule has 0 bridgehead atoms. The van der Waals surface area contributed by atoms with Crippen LogP contribution in [0.15, 0.2) is 0 Å². The van der Waals surface area contributed by atoms with Crippen molar-refractivity contribution in [1.29, 1.82) is 0 Å². The van der Waals surface area contributed by atoms with Crippen LogP contribution in [0.4, 0.5) is 4.79 Å². The van der Waals surface area contributed by atoms with Crippen LogP contribution >= 0.6 is 0 Å². The summed E-state index contributed by atoms with van der Waals surface area (Å²) in [5.41, 5.74) is 0. The first kappa shape index (κ1) is 13.6. The Morgan fingerprint density at radius 1 is 1.42 bits per heavy atom. The number of carboxylic acids is 1. The molecule has 19 heavy (non-hydrogen) atoms. The number of hydrogen-bond donors (Lipinski definition) is 2. The first-order valence-electron chi connectivity index (χ1n) is 6.54. The molecule has 2 fully saturated rings. The molecule has 7 nitrogen and oxygen atoms in total. The lowest BCUT2D eigenvalue weighted by Gasteiger charge is -2.39. The van der Waals surface area contributed by atoms with Gasteiger partial charge in [0.05, 0.1) is 0 Å². The third-order valence-corrected chi connectivity index (χ3v) is 3.64. The number of likely N-dealkylation sites (tertiary alicyclic amines) is 1. The molecule has 0 aromatic heterocycles. The van der Waals surface area contributed by atoms with Crippen LogP contribution in [-0.2, 0) is 9.59 Å². The Labute approximate surface area is 111 Å². The monoisotopic (exact) mass is 269 g/mol. The molecule has 2 unspecified atom stereocenters. The van der Waals surface area contributed by atoms with Gasteiger partial charge in [-0.2, -0.15) is 0 Å². The van der Waals surface area contributed by atoms with Crippen molar-refractivity contribution in [2.45, 2.75) is 25.8 Å². The van der Waals surface area contributed by atoms with E-state index in [-0.39, 0.29) is 25.0 Å². The number of carbonyl (C=O) groups excluding carboxylic acids is 2. The molecule has 2 atom stereocenters. The quantitative estimate of drug-likeness (QED) is 0.685. The van der Waals surface area contributed by atoms with Gasteiger partial charge in [0.2, 0.25) is 5.91 Å². The maximum absolute atomic E-state index is 12.4. The molecule has 0 aliphatic carbocycles. The van der Waals surface area contributed by atoms with Crippen LogP contribution < -0.4 is 5.32 Å².